The van der Waals surface area contributed by atoms with Gasteiger partial charge in [-0.25, -0.2) is 13.4 Å². The largest absolute Gasteiger partial charge is 0.336 e. The Bertz CT molecular complexity index is 845. The predicted molar refractivity (Wildman–Crippen MR) is 85.2 cm³/mol. The molecule has 1 saturated heterocycles. The highest BCUT2D eigenvalue weighted by Gasteiger charge is 2.29. The SMILES string of the molecule is C#CCN1CCN(S(=O)(=O)c2cnc3onc(CC)c3c2)CC1. The van der Waals surface area contributed by atoms with Crippen LogP contribution in [-0.2, 0) is 16.4 Å². The Hall–Kier alpha value is -1.95. The average molecular weight is 334 g/mol. The molecular formula is C15H18N4O3S. The van der Waals surface area contributed by atoms with Gasteiger partial charge in [0, 0.05) is 26.2 Å². The molecule has 1 aliphatic rings. The van der Waals surface area contributed by atoms with Crippen LogP contribution in [0, 0.1) is 12.3 Å². The molecule has 0 N–H and O–H groups in total. The minimum Gasteiger partial charge on any atom is -0.336 e. The molecule has 0 atom stereocenters. The fraction of sp³-hybridized carbons (Fsp3) is 0.467. The van der Waals surface area contributed by atoms with Crippen molar-refractivity contribution in [1.29, 1.82) is 0 Å². The molecule has 1 aliphatic heterocycles. The first kappa shape index (κ1) is 15.9. The second-order valence-corrected chi connectivity index (χ2v) is 7.33. The van der Waals surface area contributed by atoms with Crippen molar-refractivity contribution in [2.45, 2.75) is 18.2 Å². The molecule has 2 aromatic heterocycles. The first-order chi connectivity index (χ1) is 11.1. The number of aryl methyl sites for hydroxylation is 1. The summed E-state index contributed by atoms with van der Waals surface area (Å²) in [6.45, 7) is 4.59. The summed E-state index contributed by atoms with van der Waals surface area (Å²) in [7, 11) is -3.57. The van der Waals surface area contributed by atoms with E-state index in [0.29, 0.717) is 55.9 Å². The highest BCUT2D eigenvalue weighted by Crippen LogP contribution is 2.23. The molecule has 0 bridgehead atoms. The van der Waals surface area contributed by atoms with E-state index in [-0.39, 0.29) is 4.90 Å². The van der Waals surface area contributed by atoms with Gasteiger partial charge < -0.3 is 4.52 Å². The maximum atomic E-state index is 12.8. The van der Waals surface area contributed by atoms with Gasteiger partial charge in [-0.1, -0.05) is 18.0 Å². The van der Waals surface area contributed by atoms with Crippen LogP contribution in [0.2, 0.25) is 0 Å². The van der Waals surface area contributed by atoms with Crippen molar-refractivity contribution >= 4 is 21.1 Å². The summed E-state index contributed by atoms with van der Waals surface area (Å²) in [5.74, 6) is 2.58. The Kier molecular flexibility index (Phi) is 4.35. The molecule has 0 aromatic carbocycles. The number of aromatic nitrogens is 2. The minimum absolute atomic E-state index is 0.174. The Labute approximate surface area is 135 Å². The third-order valence-corrected chi connectivity index (χ3v) is 5.86. The molecule has 122 valence electrons. The van der Waals surface area contributed by atoms with Crippen molar-refractivity contribution in [3.05, 3.63) is 18.0 Å². The van der Waals surface area contributed by atoms with Crippen LogP contribution in [-0.4, -0.2) is 60.5 Å². The smallest absolute Gasteiger partial charge is 0.258 e. The zero-order chi connectivity index (χ0) is 16.4. The van der Waals surface area contributed by atoms with E-state index < -0.39 is 10.0 Å². The fourth-order valence-corrected chi connectivity index (χ4v) is 4.06. The van der Waals surface area contributed by atoms with Gasteiger partial charge in [-0.3, -0.25) is 4.90 Å². The van der Waals surface area contributed by atoms with E-state index in [4.69, 9.17) is 10.9 Å². The molecule has 3 rings (SSSR count). The quantitative estimate of drug-likeness (QED) is 0.767. The lowest BCUT2D eigenvalue weighted by Gasteiger charge is -2.32. The summed E-state index contributed by atoms with van der Waals surface area (Å²) < 4.78 is 32.2. The number of sulfonamides is 1. The van der Waals surface area contributed by atoms with E-state index in [1.54, 1.807) is 6.07 Å². The number of fused-ring (bicyclic) bond motifs is 1. The molecular weight excluding hydrogens is 316 g/mol. The van der Waals surface area contributed by atoms with Crippen LogP contribution in [0.4, 0.5) is 0 Å². The van der Waals surface area contributed by atoms with Crippen molar-refractivity contribution in [3.8, 4) is 12.3 Å². The van der Waals surface area contributed by atoms with Gasteiger partial charge in [0.05, 0.1) is 23.8 Å². The third kappa shape index (κ3) is 2.95. The molecule has 2 aromatic rings. The zero-order valence-corrected chi connectivity index (χ0v) is 13.7. The van der Waals surface area contributed by atoms with Gasteiger partial charge in [-0.05, 0) is 12.5 Å². The zero-order valence-electron chi connectivity index (χ0n) is 12.9. The first-order valence-corrected chi connectivity index (χ1v) is 8.90. The molecule has 0 amide bonds. The van der Waals surface area contributed by atoms with Crippen molar-refractivity contribution in [3.63, 3.8) is 0 Å². The molecule has 8 heteroatoms. The van der Waals surface area contributed by atoms with Crippen molar-refractivity contribution < 1.29 is 12.9 Å². The van der Waals surface area contributed by atoms with E-state index in [1.165, 1.54) is 10.5 Å². The highest BCUT2D eigenvalue weighted by molar-refractivity contribution is 7.89. The Morgan fingerprint density at radius 1 is 1.35 bits per heavy atom. The van der Waals surface area contributed by atoms with Gasteiger partial charge in [0.15, 0.2) is 0 Å². The van der Waals surface area contributed by atoms with E-state index in [9.17, 15) is 8.42 Å². The van der Waals surface area contributed by atoms with Crippen LogP contribution >= 0.6 is 0 Å². The van der Waals surface area contributed by atoms with Gasteiger partial charge in [-0.2, -0.15) is 4.31 Å². The fourth-order valence-electron chi connectivity index (χ4n) is 2.66. The molecule has 0 radical (unpaired) electrons. The van der Waals surface area contributed by atoms with Gasteiger partial charge in [0.25, 0.3) is 5.71 Å². The Balaban J connectivity index is 1.87. The standard InChI is InChI=1S/C15H18N4O3S/c1-3-5-18-6-8-19(9-7-18)23(20,21)12-10-13-14(4-2)17-22-15(13)16-11-12/h1,10-11H,4-9H2,2H3. The van der Waals surface area contributed by atoms with Gasteiger partial charge in [0.1, 0.15) is 4.90 Å². The maximum absolute atomic E-state index is 12.8. The van der Waals surface area contributed by atoms with Crippen LogP contribution < -0.4 is 0 Å². The minimum atomic E-state index is -3.57. The van der Waals surface area contributed by atoms with Crippen LogP contribution in [0.1, 0.15) is 12.6 Å². The third-order valence-electron chi connectivity index (χ3n) is 4.00. The normalized spacial score (nSPS) is 17.4. The van der Waals surface area contributed by atoms with Gasteiger partial charge in [0.2, 0.25) is 10.0 Å². The van der Waals surface area contributed by atoms with Crippen LogP contribution in [0.5, 0.6) is 0 Å². The summed E-state index contributed by atoms with van der Waals surface area (Å²) in [5.41, 5.74) is 1.07. The molecule has 23 heavy (non-hydrogen) atoms. The van der Waals surface area contributed by atoms with Crippen molar-refractivity contribution in [1.82, 2.24) is 19.3 Å². The van der Waals surface area contributed by atoms with E-state index in [0.717, 1.165) is 0 Å². The van der Waals surface area contributed by atoms with E-state index >= 15 is 0 Å². The highest BCUT2D eigenvalue weighted by atomic mass is 32.2. The topological polar surface area (TPSA) is 79.5 Å². The summed E-state index contributed by atoms with van der Waals surface area (Å²) in [4.78, 5) is 6.32. The van der Waals surface area contributed by atoms with Crippen LogP contribution in [0.25, 0.3) is 11.1 Å². The molecule has 7 nitrogen and oxygen atoms in total. The number of pyridine rings is 1. The average Bonchev–Trinajstić information content (AvgIpc) is 2.98. The van der Waals surface area contributed by atoms with Crippen molar-refractivity contribution in [2.24, 2.45) is 0 Å². The number of nitrogens with zero attached hydrogens (tertiary/aromatic N) is 4. The number of rotatable bonds is 4. The Morgan fingerprint density at radius 3 is 2.74 bits per heavy atom. The first-order valence-electron chi connectivity index (χ1n) is 7.46. The summed E-state index contributed by atoms with van der Waals surface area (Å²) in [5, 5.41) is 4.56. The number of piperazine rings is 1. The lowest BCUT2D eigenvalue weighted by Crippen LogP contribution is -2.48. The van der Waals surface area contributed by atoms with Crippen LogP contribution in [0.15, 0.2) is 21.7 Å². The second-order valence-electron chi connectivity index (χ2n) is 5.39. The summed E-state index contributed by atoms with van der Waals surface area (Å²) in [6.07, 6.45) is 7.28. The molecule has 0 saturated carbocycles. The number of terminal acetylenes is 1. The van der Waals surface area contributed by atoms with Crippen molar-refractivity contribution in [2.75, 3.05) is 32.7 Å². The Morgan fingerprint density at radius 2 is 2.09 bits per heavy atom. The monoisotopic (exact) mass is 334 g/mol. The second kappa shape index (κ2) is 6.28. The van der Waals surface area contributed by atoms with Gasteiger partial charge >= 0.3 is 0 Å². The molecule has 0 spiro atoms. The number of hydrogen-bond acceptors (Lipinski definition) is 6. The molecule has 3 heterocycles. The molecule has 0 unspecified atom stereocenters. The van der Waals surface area contributed by atoms with E-state index in [2.05, 4.69) is 21.0 Å². The van der Waals surface area contributed by atoms with Crippen LogP contribution in [0.3, 0.4) is 0 Å². The maximum Gasteiger partial charge on any atom is 0.258 e. The van der Waals surface area contributed by atoms with Gasteiger partial charge in [-0.15, -0.1) is 6.42 Å². The lowest BCUT2D eigenvalue weighted by molar-refractivity contribution is 0.207. The lowest BCUT2D eigenvalue weighted by atomic mass is 10.2. The summed E-state index contributed by atoms with van der Waals surface area (Å²) >= 11 is 0. The number of hydrogen-bond donors (Lipinski definition) is 0. The molecule has 1 fully saturated rings. The summed E-state index contributed by atoms with van der Waals surface area (Å²) in [6, 6.07) is 1.60. The predicted octanol–water partition coefficient (Wildman–Crippen LogP) is 0.725. The molecule has 0 aliphatic carbocycles. The van der Waals surface area contributed by atoms with E-state index in [1.807, 2.05) is 6.92 Å².